The molecule has 0 saturated heterocycles. The Kier molecular flexibility index (Phi) is 5.46. The summed E-state index contributed by atoms with van der Waals surface area (Å²) in [7, 11) is 1.53. The molecule has 0 aromatic carbocycles. The maximum absolute atomic E-state index is 14.5. The van der Waals surface area contributed by atoms with Crippen molar-refractivity contribution in [3.8, 4) is 5.75 Å². The van der Waals surface area contributed by atoms with Crippen LogP contribution in [0.5, 0.6) is 5.75 Å². The third-order valence-corrected chi connectivity index (χ3v) is 5.23. The van der Waals surface area contributed by atoms with Crippen LogP contribution in [0.2, 0.25) is 0 Å². The van der Waals surface area contributed by atoms with E-state index in [2.05, 4.69) is 4.98 Å². The van der Waals surface area contributed by atoms with Crippen LogP contribution in [0.1, 0.15) is 32.6 Å². The van der Waals surface area contributed by atoms with E-state index in [1.165, 1.54) is 23.7 Å². The lowest BCUT2D eigenvalue weighted by atomic mass is 9.73. The minimum absolute atomic E-state index is 0.0341. The minimum atomic E-state index is -0.873. The quantitative estimate of drug-likeness (QED) is 0.800. The van der Waals surface area contributed by atoms with E-state index >= 15 is 0 Å². The Labute approximate surface area is 156 Å². The number of pyridine rings is 2. The molecular weight excluding hydrogens is 353 g/mol. The monoisotopic (exact) mass is 377 g/mol. The van der Waals surface area contributed by atoms with E-state index in [0.29, 0.717) is 31.2 Å². The molecule has 0 radical (unpaired) electrons. The van der Waals surface area contributed by atoms with Crippen molar-refractivity contribution in [1.82, 2.24) is 9.55 Å². The summed E-state index contributed by atoms with van der Waals surface area (Å²) in [5, 5.41) is 0. The molecule has 0 amide bonds. The number of halogens is 1. The van der Waals surface area contributed by atoms with Crippen LogP contribution in [0.25, 0.3) is 11.0 Å². The first-order valence-corrected chi connectivity index (χ1v) is 9.08. The lowest BCUT2D eigenvalue weighted by Crippen LogP contribution is -2.44. The van der Waals surface area contributed by atoms with Crippen LogP contribution in [-0.4, -0.2) is 34.8 Å². The molecule has 2 aromatic rings. The van der Waals surface area contributed by atoms with Gasteiger partial charge < -0.3 is 19.8 Å². The second-order valence-corrected chi connectivity index (χ2v) is 7.03. The fourth-order valence-corrected chi connectivity index (χ4v) is 3.53. The smallest absolute Gasteiger partial charge is 0.315 e. The molecule has 0 atom stereocenters. The zero-order chi connectivity index (χ0) is 19.6. The van der Waals surface area contributed by atoms with E-state index in [4.69, 9.17) is 15.2 Å². The van der Waals surface area contributed by atoms with Crippen LogP contribution in [0, 0.1) is 11.2 Å². The first-order valence-electron chi connectivity index (χ1n) is 9.08. The van der Waals surface area contributed by atoms with Gasteiger partial charge in [-0.2, -0.15) is 0 Å². The van der Waals surface area contributed by atoms with Gasteiger partial charge in [0.05, 0.1) is 18.3 Å². The van der Waals surface area contributed by atoms with Crippen molar-refractivity contribution in [3.05, 3.63) is 34.5 Å². The molecule has 1 saturated carbocycles. The predicted octanol–water partition coefficient (Wildman–Crippen LogP) is 1.90. The van der Waals surface area contributed by atoms with Gasteiger partial charge in [-0.3, -0.25) is 14.6 Å². The molecule has 7 nitrogen and oxygen atoms in total. The third kappa shape index (κ3) is 3.66. The zero-order valence-electron chi connectivity index (χ0n) is 15.5. The number of fused-ring (bicyclic) bond motifs is 1. The molecule has 8 heteroatoms. The highest BCUT2D eigenvalue weighted by Crippen LogP contribution is 2.38. The molecule has 2 N–H and O–H groups in total. The summed E-state index contributed by atoms with van der Waals surface area (Å²) >= 11 is 0. The highest BCUT2D eigenvalue weighted by Gasteiger charge is 2.43. The SMILES string of the molecule is CCOC(=O)C1(COc2c(F)cnc3ccc(=O)n(C)c23)CCC(N)CC1. The first-order chi connectivity index (χ1) is 12.9. The molecule has 0 aliphatic heterocycles. The van der Waals surface area contributed by atoms with Crippen molar-refractivity contribution < 1.29 is 18.7 Å². The summed E-state index contributed by atoms with van der Waals surface area (Å²) in [5.41, 5.74) is 5.49. The van der Waals surface area contributed by atoms with Crippen molar-refractivity contribution in [2.24, 2.45) is 18.2 Å². The molecule has 146 valence electrons. The standard InChI is InChI=1S/C19H24FN3O4/c1-3-26-18(25)19(8-6-12(21)7-9-19)11-27-17-13(20)10-22-14-4-5-15(24)23(2)16(14)17/h4-5,10,12H,3,6-9,11,21H2,1-2H3. The van der Waals surface area contributed by atoms with E-state index in [0.717, 1.165) is 6.20 Å². The lowest BCUT2D eigenvalue weighted by molar-refractivity contribution is -0.160. The second kappa shape index (κ2) is 7.64. The summed E-state index contributed by atoms with van der Waals surface area (Å²) in [4.78, 5) is 28.6. The topological polar surface area (TPSA) is 96.4 Å². The summed E-state index contributed by atoms with van der Waals surface area (Å²) in [6, 6.07) is 2.91. The van der Waals surface area contributed by atoms with Crippen molar-refractivity contribution in [2.45, 2.75) is 38.6 Å². The molecule has 2 heterocycles. The third-order valence-electron chi connectivity index (χ3n) is 5.23. The molecule has 1 aliphatic rings. The molecule has 27 heavy (non-hydrogen) atoms. The van der Waals surface area contributed by atoms with Gasteiger partial charge in [0.25, 0.3) is 5.56 Å². The van der Waals surface area contributed by atoms with Gasteiger partial charge in [-0.1, -0.05) is 0 Å². The summed E-state index contributed by atoms with van der Waals surface area (Å²) in [5.74, 6) is -1.13. The highest BCUT2D eigenvalue weighted by atomic mass is 19.1. The number of aryl methyl sites for hydroxylation is 1. The number of carbonyl (C=O) groups excluding carboxylic acids is 1. The Morgan fingerprint density at radius 3 is 2.78 bits per heavy atom. The van der Waals surface area contributed by atoms with Gasteiger partial charge in [-0.05, 0) is 38.7 Å². The van der Waals surface area contributed by atoms with E-state index in [-0.39, 0.29) is 42.1 Å². The maximum Gasteiger partial charge on any atom is 0.315 e. The van der Waals surface area contributed by atoms with E-state index < -0.39 is 11.2 Å². The number of rotatable bonds is 5. The van der Waals surface area contributed by atoms with Crippen LogP contribution in [0.4, 0.5) is 4.39 Å². The first kappa shape index (κ1) is 19.3. The Balaban J connectivity index is 1.96. The lowest BCUT2D eigenvalue weighted by Gasteiger charge is -2.36. The van der Waals surface area contributed by atoms with Crippen LogP contribution >= 0.6 is 0 Å². The molecule has 0 spiro atoms. The van der Waals surface area contributed by atoms with Gasteiger partial charge in [0.2, 0.25) is 0 Å². The van der Waals surface area contributed by atoms with Gasteiger partial charge in [0, 0.05) is 19.2 Å². The van der Waals surface area contributed by atoms with Crippen molar-refractivity contribution >= 4 is 17.0 Å². The molecular formula is C19H24FN3O4. The van der Waals surface area contributed by atoms with Crippen molar-refractivity contribution in [3.63, 3.8) is 0 Å². The van der Waals surface area contributed by atoms with E-state index in [1.807, 2.05) is 0 Å². The number of nitrogens with zero attached hydrogens (tertiary/aromatic N) is 2. The van der Waals surface area contributed by atoms with Crippen LogP contribution in [-0.2, 0) is 16.6 Å². The number of hydrogen-bond acceptors (Lipinski definition) is 6. The molecule has 1 aliphatic carbocycles. The fourth-order valence-electron chi connectivity index (χ4n) is 3.53. The normalized spacial score (nSPS) is 22.6. The molecule has 0 bridgehead atoms. The summed E-state index contributed by atoms with van der Waals surface area (Å²) in [6.45, 7) is 1.96. The summed E-state index contributed by atoms with van der Waals surface area (Å²) in [6.07, 6.45) is 3.41. The Bertz CT molecular complexity index is 904. The minimum Gasteiger partial charge on any atom is -0.487 e. The highest BCUT2D eigenvalue weighted by molar-refractivity contribution is 5.81. The van der Waals surface area contributed by atoms with Gasteiger partial charge in [0.15, 0.2) is 11.6 Å². The maximum atomic E-state index is 14.5. The van der Waals surface area contributed by atoms with Gasteiger partial charge >= 0.3 is 5.97 Å². The van der Waals surface area contributed by atoms with Gasteiger partial charge in [0.1, 0.15) is 17.5 Å². The van der Waals surface area contributed by atoms with Crippen LogP contribution in [0.3, 0.4) is 0 Å². The van der Waals surface area contributed by atoms with E-state index in [1.54, 1.807) is 6.92 Å². The van der Waals surface area contributed by atoms with E-state index in [9.17, 15) is 14.0 Å². The van der Waals surface area contributed by atoms with Crippen LogP contribution in [0.15, 0.2) is 23.1 Å². The predicted molar refractivity (Wildman–Crippen MR) is 97.9 cm³/mol. The molecule has 3 rings (SSSR count). The number of esters is 1. The Hall–Kier alpha value is -2.48. The van der Waals surface area contributed by atoms with Gasteiger partial charge in [-0.25, -0.2) is 4.39 Å². The fraction of sp³-hybridized carbons (Fsp3) is 0.526. The zero-order valence-corrected chi connectivity index (χ0v) is 15.5. The second-order valence-electron chi connectivity index (χ2n) is 7.03. The number of hydrogen-bond donors (Lipinski definition) is 1. The Morgan fingerprint density at radius 1 is 1.41 bits per heavy atom. The van der Waals surface area contributed by atoms with Crippen molar-refractivity contribution in [1.29, 1.82) is 0 Å². The Morgan fingerprint density at radius 2 is 2.11 bits per heavy atom. The van der Waals surface area contributed by atoms with Crippen molar-refractivity contribution in [2.75, 3.05) is 13.2 Å². The molecule has 1 fully saturated rings. The number of nitrogens with two attached hydrogens (primary N) is 1. The summed E-state index contributed by atoms with van der Waals surface area (Å²) < 4.78 is 26.8. The number of carbonyl (C=O) groups is 1. The van der Waals surface area contributed by atoms with Gasteiger partial charge in [-0.15, -0.1) is 0 Å². The average Bonchev–Trinajstić information content (AvgIpc) is 2.66. The molecule has 2 aromatic heterocycles. The number of aromatic nitrogens is 2. The molecule has 0 unspecified atom stereocenters. The number of ether oxygens (including phenoxy) is 2. The largest absolute Gasteiger partial charge is 0.487 e. The average molecular weight is 377 g/mol. The van der Waals surface area contributed by atoms with Crippen LogP contribution < -0.4 is 16.0 Å².